The van der Waals surface area contributed by atoms with Crippen molar-refractivity contribution in [2.24, 2.45) is 0 Å². The molecule has 3 heteroatoms. The Morgan fingerprint density at radius 3 is 2.62 bits per heavy atom. The van der Waals surface area contributed by atoms with Crippen LogP contribution in [0.2, 0.25) is 0 Å². The van der Waals surface area contributed by atoms with Crippen molar-refractivity contribution in [2.45, 2.75) is 26.7 Å². The van der Waals surface area contributed by atoms with Crippen molar-refractivity contribution < 1.29 is 10.0 Å². The first-order valence-electron chi connectivity index (χ1n) is 5.45. The van der Waals surface area contributed by atoms with E-state index in [0.717, 1.165) is 22.6 Å². The third kappa shape index (κ3) is 6.32. The molecule has 0 rings (SSSR count). The topological polar surface area (TPSA) is 40.5 Å². The lowest BCUT2D eigenvalue weighted by atomic mass is 10.1. The zero-order chi connectivity index (χ0) is 12.6. The van der Waals surface area contributed by atoms with E-state index in [1.807, 2.05) is 13.0 Å². The van der Waals surface area contributed by atoms with Crippen LogP contribution in [0.1, 0.15) is 26.7 Å². The monoisotopic (exact) mass is 223 g/mol. The minimum atomic E-state index is 0.0742. The Hall–Kier alpha value is -1.19. The second-order valence-electron chi connectivity index (χ2n) is 3.72. The fourth-order valence-corrected chi connectivity index (χ4v) is 1.23. The first-order chi connectivity index (χ1) is 7.51. The highest BCUT2D eigenvalue weighted by Gasteiger charge is 2.07. The molecule has 0 heterocycles. The van der Waals surface area contributed by atoms with Crippen LogP contribution < -0.4 is 0 Å². The van der Waals surface area contributed by atoms with Gasteiger partial charge in [-0.05, 0) is 24.5 Å². The summed E-state index contributed by atoms with van der Waals surface area (Å²) < 4.78 is 0. The quantitative estimate of drug-likeness (QED) is 0.391. The summed E-state index contributed by atoms with van der Waals surface area (Å²) in [5.74, 6) is 0.0742. The summed E-state index contributed by atoms with van der Waals surface area (Å²) in [5, 5.41) is 10.5. The molecule has 0 bridgehead atoms. The molecule has 0 aromatic carbocycles. The number of nitrogens with zero attached hydrogens (tertiary/aromatic N) is 1. The summed E-state index contributed by atoms with van der Waals surface area (Å²) in [7, 11) is 0. The molecule has 0 fully saturated rings. The number of hydroxylamine groups is 2. The van der Waals surface area contributed by atoms with E-state index in [0.29, 0.717) is 19.5 Å². The second-order valence-corrected chi connectivity index (χ2v) is 3.72. The second kappa shape index (κ2) is 8.02. The van der Waals surface area contributed by atoms with E-state index >= 15 is 0 Å². The Labute approximate surface area is 97.7 Å². The van der Waals surface area contributed by atoms with Gasteiger partial charge in [-0.25, -0.2) is 0 Å². The number of allylic oxidation sites excluding steroid dienone is 2. The molecule has 0 amide bonds. The Balaban J connectivity index is 3.96. The fraction of sp³-hybridized carbons (Fsp3) is 0.462. The summed E-state index contributed by atoms with van der Waals surface area (Å²) in [4.78, 5) is 11.5. The molecule has 0 aliphatic rings. The standard InChI is InChI=1S/C13H21NO2/c1-5-7-12(4)13(15)8-9-14(16)10-11(3)6-2/h6-7,16H,2-3,5,8-10H2,1,4H3/b12-7-. The number of carbonyl (C=O) groups is 1. The number of ketones is 1. The van der Waals surface area contributed by atoms with E-state index in [-0.39, 0.29) is 5.78 Å². The molecule has 0 saturated carbocycles. The molecule has 90 valence electrons. The molecule has 3 nitrogen and oxygen atoms in total. The Kier molecular flexibility index (Phi) is 7.42. The van der Waals surface area contributed by atoms with Crippen molar-refractivity contribution in [2.75, 3.05) is 13.1 Å². The molecular weight excluding hydrogens is 202 g/mol. The maximum atomic E-state index is 11.5. The van der Waals surface area contributed by atoms with E-state index in [9.17, 15) is 10.0 Å². The van der Waals surface area contributed by atoms with Crippen molar-refractivity contribution in [1.82, 2.24) is 5.06 Å². The first kappa shape index (κ1) is 14.8. The van der Waals surface area contributed by atoms with Gasteiger partial charge in [0, 0.05) is 19.5 Å². The first-order valence-corrected chi connectivity index (χ1v) is 5.45. The molecule has 0 unspecified atom stereocenters. The van der Waals surface area contributed by atoms with Gasteiger partial charge < -0.3 is 5.21 Å². The lowest BCUT2D eigenvalue weighted by Gasteiger charge is -2.14. The maximum Gasteiger partial charge on any atom is 0.159 e. The molecule has 1 N–H and O–H groups in total. The van der Waals surface area contributed by atoms with Crippen LogP contribution >= 0.6 is 0 Å². The van der Waals surface area contributed by atoms with Gasteiger partial charge in [0.2, 0.25) is 0 Å². The largest absolute Gasteiger partial charge is 0.314 e. The van der Waals surface area contributed by atoms with Gasteiger partial charge in [-0.3, -0.25) is 4.79 Å². The minimum absolute atomic E-state index is 0.0742. The van der Waals surface area contributed by atoms with Crippen LogP contribution in [0.4, 0.5) is 0 Å². The highest BCUT2D eigenvalue weighted by Crippen LogP contribution is 2.03. The highest BCUT2D eigenvalue weighted by atomic mass is 16.5. The Bertz CT molecular complexity index is 292. The average molecular weight is 223 g/mol. The smallest absolute Gasteiger partial charge is 0.159 e. The summed E-state index contributed by atoms with van der Waals surface area (Å²) in [6, 6.07) is 0. The third-order valence-electron chi connectivity index (χ3n) is 2.22. The van der Waals surface area contributed by atoms with Crippen LogP contribution in [0, 0.1) is 0 Å². The molecule has 0 aliphatic heterocycles. The normalized spacial score (nSPS) is 11.6. The molecule has 0 aromatic heterocycles. The average Bonchev–Trinajstić information content (AvgIpc) is 2.25. The highest BCUT2D eigenvalue weighted by molar-refractivity contribution is 5.94. The van der Waals surface area contributed by atoms with Gasteiger partial charge in [0.25, 0.3) is 0 Å². The van der Waals surface area contributed by atoms with E-state index < -0.39 is 0 Å². The zero-order valence-electron chi connectivity index (χ0n) is 10.2. The van der Waals surface area contributed by atoms with Crippen molar-refractivity contribution in [1.29, 1.82) is 0 Å². The van der Waals surface area contributed by atoms with E-state index in [2.05, 4.69) is 13.2 Å². The van der Waals surface area contributed by atoms with Gasteiger partial charge in [-0.15, -0.1) is 0 Å². The molecule has 0 spiro atoms. The van der Waals surface area contributed by atoms with Crippen molar-refractivity contribution in [3.63, 3.8) is 0 Å². The number of Topliss-reactive ketones (excluding diaryl/α,β-unsaturated/α-hetero) is 1. The Morgan fingerprint density at radius 1 is 1.50 bits per heavy atom. The van der Waals surface area contributed by atoms with Crippen molar-refractivity contribution >= 4 is 5.78 Å². The lowest BCUT2D eigenvalue weighted by molar-refractivity contribution is -0.120. The van der Waals surface area contributed by atoms with Crippen LogP contribution in [0.3, 0.4) is 0 Å². The van der Waals surface area contributed by atoms with Crippen molar-refractivity contribution in [3.8, 4) is 0 Å². The number of carbonyl (C=O) groups excluding carboxylic acids is 1. The van der Waals surface area contributed by atoms with Gasteiger partial charge in [0.1, 0.15) is 0 Å². The van der Waals surface area contributed by atoms with E-state index in [1.54, 1.807) is 13.0 Å². The van der Waals surface area contributed by atoms with E-state index in [4.69, 9.17) is 0 Å². The van der Waals surface area contributed by atoms with Gasteiger partial charge in [0.05, 0.1) is 0 Å². The number of hydrogen-bond donors (Lipinski definition) is 1. The van der Waals surface area contributed by atoms with E-state index in [1.165, 1.54) is 0 Å². The van der Waals surface area contributed by atoms with Gasteiger partial charge in [-0.2, -0.15) is 5.06 Å². The molecule has 0 radical (unpaired) electrons. The van der Waals surface area contributed by atoms with Crippen LogP contribution in [-0.2, 0) is 4.79 Å². The third-order valence-corrected chi connectivity index (χ3v) is 2.22. The summed E-state index contributed by atoms with van der Waals surface area (Å²) >= 11 is 0. The molecule has 0 saturated heterocycles. The predicted octanol–water partition coefficient (Wildman–Crippen LogP) is 2.74. The number of rotatable bonds is 8. The molecule has 0 aromatic rings. The van der Waals surface area contributed by atoms with Crippen LogP contribution in [0.5, 0.6) is 0 Å². The van der Waals surface area contributed by atoms with Gasteiger partial charge in [-0.1, -0.05) is 32.2 Å². The summed E-state index contributed by atoms with van der Waals surface area (Å²) in [5.41, 5.74) is 1.49. The van der Waals surface area contributed by atoms with Crippen LogP contribution in [0.15, 0.2) is 36.5 Å². The molecular formula is C13H21NO2. The molecule has 16 heavy (non-hydrogen) atoms. The van der Waals surface area contributed by atoms with Crippen LogP contribution in [-0.4, -0.2) is 29.1 Å². The summed E-state index contributed by atoms with van der Waals surface area (Å²) in [6.07, 6.45) is 4.66. The summed E-state index contributed by atoms with van der Waals surface area (Å²) in [6.45, 7) is 11.7. The van der Waals surface area contributed by atoms with Crippen LogP contribution in [0.25, 0.3) is 0 Å². The van der Waals surface area contributed by atoms with Crippen molar-refractivity contribution in [3.05, 3.63) is 36.5 Å². The molecule has 0 atom stereocenters. The lowest BCUT2D eigenvalue weighted by Crippen LogP contribution is -2.24. The van der Waals surface area contributed by atoms with Gasteiger partial charge in [0.15, 0.2) is 5.78 Å². The number of hydrogen-bond acceptors (Lipinski definition) is 3. The zero-order valence-corrected chi connectivity index (χ0v) is 10.2. The predicted molar refractivity (Wildman–Crippen MR) is 66.4 cm³/mol. The Morgan fingerprint density at radius 2 is 2.12 bits per heavy atom. The maximum absolute atomic E-state index is 11.5. The van der Waals surface area contributed by atoms with Gasteiger partial charge >= 0.3 is 0 Å². The molecule has 0 aliphatic carbocycles. The SMILES string of the molecule is C=CC(=C)CN(O)CCC(=O)/C(C)=C\CC. The fourth-order valence-electron chi connectivity index (χ4n) is 1.23. The minimum Gasteiger partial charge on any atom is -0.314 e.